The zero-order chi connectivity index (χ0) is 14.6. The fourth-order valence-electron chi connectivity index (χ4n) is 2.21. The zero-order valence-electron chi connectivity index (χ0n) is 12.7. The molecule has 2 rings (SSSR count). The van der Waals surface area contributed by atoms with Crippen molar-refractivity contribution in [3.8, 4) is 5.75 Å². The number of hydrogen-bond donors (Lipinski definition) is 1. The maximum absolute atomic E-state index is 14.2. The molecule has 0 atom stereocenters. The molecule has 0 aliphatic carbocycles. The van der Waals surface area contributed by atoms with E-state index in [-0.39, 0.29) is 11.2 Å². The van der Waals surface area contributed by atoms with E-state index in [1.165, 1.54) is 6.07 Å². The summed E-state index contributed by atoms with van der Waals surface area (Å²) in [6, 6.07) is 5.19. The Morgan fingerprint density at radius 1 is 1.25 bits per heavy atom. The van der Waals surface area contributed by atoms with Gasteiger partial charge in [-0.2, -0.15) is 0 Å². The molecular weight excluding hydrogens is 255 g/mol. The summed E-state index contributed by atoms with van der Waals surface area (Å²) < 4.78 is 19.8. The number of anilines is 1. The first-order chi connectivity index (χ1) is 9.46. The van der Waals surface area contributed by atoms with E-state index < -0.39 is 0 Å². The van der Waals surface area contributed by atoms with Crippen LogP contribution in [0.4, 0.5) is 10.1 Å². The first-order valence-electron chi connectivity index (χ1n) is 7.34. The molecule has 0 bridgehead atoms. The summed E-state index contributed by atoms with van der Waals surface area (Å²) in [5, 5.41) is 3.27. The SMILES string of the molecule is CC(C)(C)CCOc1ccc(N2CCNCC2)c(F)c1. The highest BCUT2D eigenvalue weighted by Gasteiger charge is 2.15. The second-order valence-electron chi connectivity index (χ2n) is 6.51. The third-order valence-corrected chi connectivity index (χ3v) is 3.50. The van der Waals surface area contributed by atoms with E-state index >= 15 is 0 Å². The molecule has 0 amide bonds. The van der Waals surface area contributed by atoms with Crippen molar-refractivity contribution in [3.05, 3.63) is 24.0 Å². The van der Waals surface area contributed by atoms with E-state index in [4.69, 9.17) is 4.74 Å². The van der Waals surface area contributed by atoms with Crippen molar-refractivity contribution in [2.24, 2.45) is 5.41 Å². The second kappa shape index (κ2) is 6.44. The van der Waals surface area contributed by atoms with Gasteiger partial charge in [0.1, 0.15) is 11.6 Å². The maximum atomic E-state index is 14.2. The van der Waals surface area contributed by atoms with E-state index in [2.05, 4.69) is 31.0 Å². The minimum Gasteiger partial charge on any atom is -0.493 e. The minimum atomic E-state index is -0.194. The number of nitrogens with zero attached hydrogens (tertiary/aromatic N) is 1. The molecule has 1 aromatic carbocycles. The van der Waals surface area contributed by atoms with Crippen molar-refractivity contribution in [1.29, 1.82) is 0 Å². The third-order valence-electron chi connectivity index (χ3n) is 3.50. The monoisotopic (exact) mass is 280 g/mol. The fourth-order valence-corrected chi connectivity index (χ4v) is 2.21. The number of hydrogen-bond acceptors (Lipinski definition) is 3. The molecule has 20 heavy (non-hydrogen) atoms. The molecule has 0 aromatic heterocycles. The molecule has 1 aliphatic rings. The predicted octanol–water partition coefficient (Wildman–Crippen LogP) is 3.05. The van der Waals surface area contributed by atoms with E-state index in [0.29, 0.717) is 18.0 Å². The van der Waals surface area contributed by atoms with Crippen molar-refractivity contribution >= 4 is 5.69 Å². The van der Waals surface area contributed by atoms with Gasteiger partial charge in [-0.15, -0.1) is 0 Å². The largest absolute Gasteiger partial charge is 0.493 e. The van der Waals surface area contributed by atoms with Gasteiger partial charge in [0.05, 0.1) is 12.3 Å². The van der Waals surface area contributed by atoms with Crippen LogP contribution < -0.4 is 15.0 Å². The molecule has 1 heterocycles. The van der Waals surface area contributed by atoms with Gasteiger partial charge in [0, 0.05) is 32.2 Å². The number of nitrogens with one attached hydrogen (secondary N) is 1. The Balaban J connectivity index is 1.95. The second-order valence-corrected chi connectivity index (χ2v) is 6.51. The lowest BCUT2D eigenvalue weighted by atomic mass is 9.93. The highest BCUT2D eigenvalue weighted by molar-refractivity contribution is 5.51. The first-order valence-corrected chi connectivity index (χ1v) is 7.34. The number of ether oxygens (including phenoxy) is 1. The number of benzene rings is 1. The minimum absolute atomic E-state index is 0.194. The van der Waals surface area contributed by atoms with E-state index in [9.17, 15) is 4.39 Å². The van der Waals surface area contributed by atoms with E-state index in [1.807, 2.05) is 12.1 Å². The third kappa shape index (κ3) is 4.37. The standard InChI is InChI=1S/C16H25FN2O/c1-16(2,3)6-11-20-13-4-5-15(14(17)12-13)19-9-7-18-8-10-19/h4-5,12,18H,6-11H2,1-3H3. The quantitative estimate of drug-likeness (QED) is 0.917. The van der Waals surface area contributed by atoms with Crippen LogP contribution in [0.15, 0.2) is 18.2 Å². The smallest absolute Gasteiger partial charge is 0.150 e. The Bertz CT molecular complexity index is 437. The normalized spacial score (nSPS) is 16.3. The molecule has 3 nitrogen and oxygen atoms in total. The predicted molar refractivity (Wildman–Crippen MR) is 81.0 cm³/mol. The summed E-state index contributed by atoms with van der Waals surface area (Å²) in [6.07, 6.45) is 0.953. The Kier molecular flexibility index (Phi) is 4.86. The topological polar surface area (TPSA) is 24.5 Å². The van der Waals surface area contributed by atoms with Gasteiger partial charge in [0.25, 0.3) is 0 Å². The van der Waals surface area contributed by atoms with Crippen LogP contribution in [0.1, 0.15) is 27.2 Å². The molecule has 0 radical (unpaired) electrons. The summed E-state index contributed by atoms with van der Waals surface area (Å²) in [6.45, 7) is 10.6. The molecule has 1 N–H and O–H groups in total. The molecule has 0 saturated carbocycles. The van der Waals surface area contributed by atoms with Gasteiger partial charge in [-0.05, 0) is 24.0 Å². The van der Waals surface area contributed by atoms with Gasteiger partial charge < -0.3 is 15.0 Å². The van der Waals surface area contributed by atoms with Gasteiger partial charge in [0.2, 0.25) is 0 Å². The Labute approximate surface area is 121 Å². The lowest BCUT2D eigenvalue weighted by Crippen LogP contribution is -2.43. The van der Waals surface area contributed by atoms with Crippen molar-refractivity contribution in [1.82, 2.24) is 5.32 Å². The van der Waals surface area contributed by atoms with Crippen LogP contribution in [0, 0.1) is 11.2 Å². The van der Waals surface area contributed by atoms with Gasteiger partial charge in [-0.1, -0.05) is 20.8 Å². The average Bonchev–Trinajstić information content (AvgIpc) is 2.38. The lowest BCUT2D eigenvalue weighted by Gasteiger charge is -2.29. The maximum Gasteiger partial charge on any atom is 0.150 e. The molecule has 4 heteroatoms. The highest BCUT2D eigenvalue weighted by Crippen LogP contribution is 2.25. The molecule has 1 aliphatic heterocycles. The summed E-state index contributed by atoms with van der Waals surface area (Å²) in [5.74, 6) is 0.422. The van der Waals surface area contributed by atoms with Gasteiger partial charge in [0.15, 0.2) is 0 Å². The van der Waals surface area contributed by atoms with Crippen LogP contribution in [0.5, 0.6) is 5.75 Å². The lowest BCUT2D eigenvalue weighted by molar-refractivity contribution is 0.242. The molecule has 112 valence electrons. The zero-order valence-corrected chi connectivity index (χ0v) is 12.7. The van der Waals surface area contributed by atoms with Crippen LogP contribution in [-0.2, 0) is 0 Å². The first kappa shape index (κ1) is 15.1. The van der Waals surface area contributed by atoms with Crippen molar-refractivity contribution in [2.45, 2.75) is 27.2 Å². The van der Waals surface area contributed by atoms with E-state index in [0.717, 1.165) is 32.6 Å². The molecule has 0 spiro atoms. The Morgan fingerprint density at radius 2 is 1.95 bits per heavy atom. The fraction of sp³-hybridized carbons (Fsp3) is 0.625. The van der Waals surface area contributed by atoms with Gasteiger partial charge in [-0.25, -0.2) is 4.39 Å². The highest BCUT2D eigenvalue weighted by atomic mass is 19.1. The van der Waals surface area contributed by atoms with Crippen molar-refractivity contribution in [2.75, 3.05) is 37.7 Å². The Morgan fingerprint density at radius 3 is 2.55 bits per heavy atom. The molecule has 1 saturated heterocycles. The van der Waals surface area contributed by atoms with Crippen molar-refractivity contribution < 1.29 is 9.13 Å². The van der Waals surface area contributed by atoms with Crippen LogP contribution >= 0.6 is 0 Å². The van der Waals surface area contributed by atoms with E-state index in [1.54, 1.807) is 0 Å². The van der Waals surface area contributed by atoms with Crippen molar-refractivity contribution in [3.63, 3.8) is 0 Å². The summed E-state index contributed by atoms with van der Waals surface area (Å²) in [7, 11) is 0. The number of rotatable bonds is 4. The summed E-state index contributed by atoms with van der Waals surface area (Å²) in [4.78, 5) is 2.07. The summed E-state index contributed by atoms with van der Waals surface area (Å²) >= 11 is 0. The molecular formula is C16H25FN2O. The molecule has 1 aromatic rings. The average molecular weight is 280 g/mol. The number of piperazine rings is 1. The molecule has 0 unspecified atom stereocenters. The van der Waals surface area contributed by atoms with Gasteiger partial charge in [-0.3, -0.25) is 0 Å². The van der Waals surface area contributed by atoms with Gasteiger partial charge >= 0.3 is 0 Å². The Hall–Kier alpha value is -1.29. The van der Waals surface area contributed by atoms with Crippen LogP contribution in [0.25, 0.3) is 0 Å². The molecule has 1 fully saturated rings. The van der Waals surface area contributed by atoms with Crippen LogP contribution in [0.2, 0.25) is 0 Å². The van der Waals surface area contributed by atoms with Crippen LogP contribution in [0.3, 0.4) is 0 Å². The summed E-state index contributed by atoms with van der Waals surface area (Å²) in [5.41, 5.74) is 0.911. The van der Waals surface area contributed by atoms with Crippen LogP contribution in [-0.4, -0.2) is 32.8 Å². The number of halogens is 1.